The Morgan fingerprint density at radius 3 is 2.20 bits per heavy atom. The molecule has 0 spiro atoms. The second-order valence-electron chi connectivity index (χ2n) is 6.97. The van der Waals surface area contributed by atoms with Crippen LogP contribution in [0.3, 0.4) is 0 Å². The van der Waals surface area contributed by atoms with Crippen molar-refractivity contribution in [1.82, 2.24) is 3.89 Å². The van der Waals surface area contributed by atoms with Crippen LogP contribution in [0.1, 0.15) is 6.92 Å². The first kappa shape index (κ1) is 22.1. The second-order valence-corrected chi connectivity index (χ2v) is 9.02. The molecule has 1 aliphatic heterocycles. The number of sulfonamides is 1. The van der Waals surface area contributed by atoms with Gasteiger partial charge in [-0.05, 0) is 37.3 Å². The maximum Gasteiger partial charge on any atom is 0.408 e. The highest BCUT2D eigenvalue weighted by molar-refractivity contribution is 7.91. The van der Waals surface area contributed by atoms with Crippen LogP contribution < -0.4 is 14.4 Å². The van der Waals surface area contributed by atoms with E-state index in [1.165, 1.54) is 30.5 Å². The van der Waals surface area contributed by atoms with Crippen molar-refractivity contribution < 1.29 is 26.3 Å². The number of alkyl halides is 3. The summed E-state index contributed by atoms with van der Waals surface area (Å²) in [6, 6.07) is 14.2. The molecule has 0 fully saturated rings. The molecule has 5 nitrogen and oxygen atoms in total. The van der Waals surface area contributed by atoms with E-state index in [-0.39, 0.29) is 12.2 Å². The fourth-order valence-corrected chi connectivity index (χ4v) is 5.35. The van der Waals surface area contributed by atoms with Gasteiger partial charge in [0, 0.05) is 24.3 Å². The number of quaternary nitrogens is 1. The van der Waals surface area contributed by atoms with Crippen LogP contribution in [-0.2, 0) is 10.0 Å². The van der Waals surface area contributed by atoms with Crippen molar-refractivity contribution in [2.75, 3.05) is 12.3 Å². The molecule has 2 aromatic rings. The van der Waals surface area contributed by atoms with Crippen LogP contribution in [0.2, 0.25) is 0 Å². The lowest BCUT2D eigenvalue weighted by molar-refractivity contribution is -0.106. The zero-order valence-corrected chi connectivity index (χ0v) is 17.0. The van der Waals surface area contributed by atoms with E-state index in [9.17, 15) is 21.6 Å². The van der Waals surface area contributed by atoms with Gasteiger partial charge in [0.1, 0.15) is 23.7 Å². The number of nitrogens with zero attached hydrogens (tertiary/aromatic N) is 1. The molecule has 30 heavy (non-hydrogen) atoms. The highest BCUT2D eigenvalue weighted by atomic mass is 32.2. The molecule has 1 heterocycles. The number of para-hydroxylation sites is 1. The van der Waals surface area contributed by atoms with E-state index in [1.807, 2.05) is 6.07 Å². The van der Waals surface area contributed by atoms with Crippen LogP contribution >= 0.6 is 0 Å². The number of nitrogens with two attached hydrogens (primary N) is 1. The van der Waals surface area contributed by atoms with Crippen molar-refractivity contribution in [2.24, 2.45) is 5.73 Å². The first-order chi connectivity index (χ1) is 14.1. The Morgan fingerprint density at radius 1 is 1.03 bits per heavy atom. The molecule has 0 bridgehead atoms. The van der Waals surface area contributed by atoms with Gasteiger partial charge in [-0.15, -0.1) is 0 Å². The Labute approximate surface area is 173 Å². The molecule has 2 N–H and O–H groups in total. The Bertz CT molecular complexity index is 1050. The molecule has 2 atom stereocenters. The van der Waals surface area contributed by atoms with Crippen molar-refractivity contribution in [3.8, 4) is 11.5 Å². The molecule has 0 saturated heterocycles. The van der Waals surface area contributed by atoms with E-state index in [0.29, 0.717) is 17.1 Å². The first-order valence-electron chi connectivity index (χ1n) is 9.19. The topological polar surface area (TPSA) is 69.4 Å². The summed E-state index contributed by atoms with van der Waals surface area (Å²) >= 11 is 0. The van der Waals surface area contributed by atoms with Gasteiger partial charge in [-0.2, -0.15) is 25.5 Å². The molecule has 2 aromatic carbocycles. The molecule has 2 unspecified atom stereocenters. The van der Waals surface area contributed by atoms with E-state index in [4.69, 9.17) is 10.5 Å². The van der Waals surface area contributed by atoms with Crippen LogP contribution in [0.5, 0.6) is 11.5 Å². The molecular weight excluding hydrogens is 417 g/mol. The quantitative estimate of drug-likeness (QED) is 0.674. The number of hydrogen-bond donors (Lipinski definition) is 1. The zero-order chi connectivity index (χ0) is 22.0. The predicted molar refractivity (Wildman–Crippen MR) is 110 cm³/mol. The smallest absolute Gasteiger partial charge is 0.408 e. The Kier molecular flexibility index (Phi) is 6.07. The third kappa shape index (κ3) is 4.43. The lowest BCUT2D eigenvalue weighted by Crippen LogP contribution is -2.58. The van der Waals surface area contributed by atoms with Gasteiger partial charge in [0.25, 0.3) is 0 Å². The summed E-state index contributed by atoms with van der Waals surface area (Å²) in [5.74, 6) is -0.938. The number of benzene rings is 2. The maximum atomic E-state index is 13.1. The van der Waals surface area contributed by atoms with Crippen molar-refractivity contribution in [2.45, 2.75) is 19.1 Å². The predicted octanol–water partition coefficient (Wildman–Crippen LogP) is 4.48. The average Bonchev–Trinajstić information content (AvgIpc) is 2.68. The lowest BCUT2D eigenvalue weighted by atomic mass is 10.1. The van der Waals surface area contributed by atoms with Gasteiger partial charge in [0.05, 0.1) is 0 Å². The summed E-state index contributed by atoms with van der Waals surface area (Å²) in [6.07, 6.45) is -0.390. The molecule has 0 amide bonds. The summed E-state index contributed by atoms with van der Waals surface area (Å²) in [5, 5.41) is 0. The molecular formula is C21H22F3N2O3S+. The molecule has 3 rings (SSSR count). The minimum Gasteiger partial charge on any atom is -0.457 e. The summed E-state index contributed by atoms with van der Waals surface area (Å²) in [5.41, 5.74) is 6.26. The van der Waals surface area contributed by atoms with Gasteiger partial charge in [-0.25, -0.2) is 0 Å². The molecule has 0 saturated carbocycles. The Balaban J connectivity index is 2.07. The fraction of sp³-hybridized carbons (Fsp3) is 0.238. The first-order valence-corrected chi connectivity index (χ1v) is 10.8. The third-order valence-electron chi connectivity index (χ3n) is 4.81. The summed E-state index contributed by atoms with van der Waals surface area (Å²) < 4.78 is 70.2. The summed E-state index contributed by atoms with van der Waals surface area (Å²) in [6.45, 7) is 1.56. The van der Waals surface area contributed by atoms with Crippen molar-refractivity contribution in [3.05, 3.63) is 78.5 Å². The molecule has 160 valence electrons. The lowest BCUT2D eigenvalue weighted by Gasteiger charge is -2.39. The normalized spacial score (nSPS) is 21.9. The van der Waals surface area contributed by atoms with E-state index in [0.717, 1.165) is 0 Å². The van der Waals surface area contributed by atoms with Crippen LogP contribution in [-0.4, -0.2) is 32.9 Å². The molecule has 0 radical (unpaired) electrons. The zero-order valence-electron chi connectivity index (χ0n) is 16.2. The highest BCUT2D eigenvalue weighted by Crippen LogP contribution is 2.39. The standard InChI is InChI=1S/C21H22F3N2O3S/c1-16-7-8-17(13-25)14-26(16,30(27,28)15-21(22,23)24)18-9-11-20(12-10-18)29-19-5-3-2-4-6-19/h2-12,14,16H,13,15,25H2,1H3/q+1. The summed E-state index contributed by atoms with van der Waals surface area (Å²) in [7, 11) is -4.73. The van der Waals surface area contributed by atoms with Crippen molar-refractivity contribution in [1.29, 1.82) is 0 Å². The number of ether oxygens (including phenoxy) is 1. The monoisotopic (exact) mass is 439 g/mol. The number of hydrogen-bond acceptors (Lipinski definition) is 4. The molecule has 9 heteroatoms. The minimum absolute atomic E-state index is 0.0000400. The van der Waals surface area contributed by atoms with Crippen molar-refractivity contribution >= 4 is 15.7 Å². The Morgan fingerprint density at radius 2 is 1.63 bits per heavy atom. The fourth-order valence-electron chi connectivity index (χ4n) is 3.41. The van der Waals surface area contributed by atoms with Crippen LogP contribution in [0, 0.1) is 0 Å². The Hall–Kier alpha value is -2.62. The van der Waals surface area contributed by atoms with Gasteiger partial charge < -0.3 is 10.5 Å². The number of halogens is 3. The largest absolute Gasteiger partial charge is 0.457 e. The van der Waals surface area contributed by atoms with E-state index in [1.54, 1.807) is 43.3 Å². The van der Waals surface area contributed by atoms with Gasteiger partial charge in [0.2, 0.25) is 0 Å². The van der Waals surface area contributed by atoms with Gasteiger partial charge >= 0.3 is 16.2 Å². The van der Waals surface area contributed by atoms with Gasteiger partial charge in [-0.1, -0.05) is 24.3 Å². The molecule has 1 aliphatic rings. The SMILES string of the molecule is CC1C=CC(CN)=C[N+]1(c1ccc(Oc2ccccc2)cc1)S(=O)(=O)CC(F)(F)F. The summed E-state index contributed by atoms with van der Waals surface area (Å²) in [4.78, 5) is 0. The highest BCUT2D eigenvalue weighted by Gasteiger charge is 2.53. The number of rotatable bonds is 6. The van der Waals surface area contributed by atoms with E-state index in [2.05, 4.69) is 0 Å². The third-order valence-corrected chi connectivity index (χ3v) is 7.07. The van der Waals surface area contributed by atoms with Gasteiger partial charge in [-0.3, -0.25) is 0 Å². The van der Waals surface area contributed by atoms with Crippen molar-refractivity contribution in [3.63, 3.8) is 0 Å². The van der Waals surface area contributed by atoms with Crippen LogP contribution in [0.15, 0.2) is 78.5 Å². The maximum absolute atomic E-state index is 13.1. The minimum atomic E-state index is -4.88. The molecule has 0 aromatic heterocycles. The van der Waals surface area contributed by atoms with E-state index >= 15 is 0 Å². The van der Waals surface area contributed by atoms with E-state index < -0.39 is 31.9 Å². The second kappa shape index (κ2) is 8.25. The van der Waals surface area contributed by atoms with Gasteiger partial charge in [0.15, 0.2) is 11.4 Å². The van der Waals surface area contributed by atoms with Crippen LogP contribution in [0.25, 0.3) is 0 Å². The average molecular weight is 439 g/mol. The molecule has 0 aliphatic carbocycles. The van der Waals surface area contributed by atoms with Crippen LogP contribution in [0.4, 0.5) is 18.9 Å².